The van der Waals surface area contributed by atoms with Gasteiger partial charge in [-0.1, -0.05) is 53.0 Å². The predicted octanol–water partition coefficient (Wildman–Crippen LogP) is 5.43. The monoisotopic (exact) mass is 284 g/mol. The van der Waals surface area contributed by atoms with Gasteiger partial charge in [-0.25, -0.2) is 0 Å². The third kappa shape index (κ3) is 3.64. The Morgan fingerprint density at radius 2 is 1.35 bits per heavy atom. The van der Waals surface area contributed by atoms with Crippen LogP contribution in [0.25, 0.3) is 0 Å². The van der Waals surface area contributed by atoms with Crippen LogP contribution in [0.2, 0.25) is 15.1 Å². The maximum absolute atomic E-state index is 6.12. The van der Waals surface area contributed by atoms with E-state index in [0.717, 1.165) is 28.5 Å². The summed E-state index contributed by atoms with van der Waals surface area (Å²) in [6, 6.07) is 13.5. The maximum atomic E-state index is 6.12. The standard InChI is InChI=1S/C14H11Cl3/c15-12-6-2-10(3-7-12)1-4-11-5-8-13(16)9-14(11)17/h2-3,5-9H,1,4H2. The molecule has 0 bridgehead atoms. The lowest BCUT2D eigenvalue weighted by Crippen LogP contribution is -1.92. The van der Waals surface area contributed by atoms with Gasteiger partial charge in [0.25, 0.3) is 0 Å². The number of hydrogen-bond acceptors (Lipinski definition) is 0. The second-order valence-corrected chi connectivity index (χ2v) is 5.14. The summed E-state index contributed by atoms with van der Waals surface area (Å²) in [5.41, 5.74) is 2.37. The van der Waals surface area contributed by atoms with Crippen molar-refractivity contribution in [2.75, 3.05) is 0 Å². The molecule has 0 aromatic heterocycles. The molecule has 3 heteroatoms. The lowest BCUT2D eigenvalue weighted by atomic mass is 10.0. The van der Waals surface area contributed by atoms with Gasteiger partial charge >= 0.3 is 0 Å². The first-order chi connectivity index (χ1) is 8.15. The highest BCUT2D eigenvalue weighted by Crippen LogP contribution is 2.22. The van der Waals surface area contributed by atoms with Gasteiger partial charge in [-0.05, 0) is 48.2 Å². The van der Waals surface area contributed by atoms with E-state index in [1.165, 1.54) is 5.56 Å². The van der Waals surface area contributed by atoms with Crippen molar-refractivity contribution in [2.24, 2.45) is 0 Å². The van der Waals surface area contributed by atoms with Gasteiger partial charge < -0.3 is 0 Å². The molecule has 2 rings (SSSR count). The Kier molecular flexibility index (Phi) is 4.33. The van der Waals surface area contributed by atoms with Crippen LogP contribution < -0.4 is 0 Å². The van der Waals surface area contributed by atoms with Gasteiger partial charge in [0, 0.05) is 15.1 Å². The fraction of sp³-hybridized carbons (Fsp3) is 0.143. The molecule has 0 aliphatic heterocycles. The van der Waals surface area contributed by atoms with Gasteiger partial charge in [0.15, 0.2) is 0 Å². The molecule has 2 aromatic carbocycles. The zero-order chi connectivity index (χ0) is 12.3. The number of benzene rings is 2. The van der Waals surface area contributed by atoms with Gasteiger partial charge in [-0.2, -0.15) is 0 Å². The Morgan fingerprint density at radius 1 is 0.706 bits per heavy atom. The summed E-state index contributed by atoms with van der Waals surface area (Å²) in [6.07, 6.45) is 1.84. The minimum Gasteiger partial charge on any atom is -0.0843 e. The van der Waals surface area contributed by atoms with Crippen molar-refractivity contribution >= 4 is 34.8 Å². The van der Waals surface area contributed by atoms with Crippen molar-refractivity contribution < 1.29 is 0 Å². The highest BCUT2D eigenvalue weighted by atomic mass is 35.5. The Morgan fingerprint density at radius 3 is 2.00 bits per heavy atom. The molecule has 0 amide bonds. The molecule has 0 saturated carbocycles. The van der Waals surface area contributed by atoms with Crippen LogP contribution in [0, 0.1) is 0 Å². The Balaban J connectivity index is 2.04. The molecule has 0 heterocycles. The van der Waals surface area contributed by atoms with Crippen LogP contribution in [-0.2, 0) is 12.8 Å². The smallest absolute Gasteiger partial charge is 0.0452 e. The number of halogens is 3. The molecule has 0 aliphatic rings. The zero-order valence-electron chi connectivity index (χ0n) is 9.09. The third-order valence-corrected chi connectivity index (χ3v) is 3.45. The molecule has 0 spiro atoms. The highest BCUT2D eigenvalue weighted by molar-refractivity contribution is 6.35. The third-order valence-electron chi connectivity index (χ3n) is 2.61. The van der Waals surface area contributed by atoms with Gasteiger partial charge in [-0.15, -0.1) is 0 Å². The van der Waals surface area contributed by atoms with Crippen molar-refractivity contribution in [1.82, 2.24) is 0 Å². The Labute approximate surface area is 116 Å². The summed E-state index contributed by atoms with van der Waals surface area (Å²) in [5, 5.41) is 2.16. The molecule has 0 fully saturated rings. The van der Waals surface area contributed by atoms with E-state index in [4.69, 9.17) is 34.8 Å². The second-order valence-electron chi connectivity index (χ2n) is 3.86. The first kappa shape index (κ1) is 12.8. The van der Waals surface area contributed by atoms with Crippen LogP contribution in [0.3, 0.4) is 0 Å². The predicted molar refractivity (Wildman–Crippen MR) is 75.3 cm³/mol. The number of aryl methyl sites for hydroxylation is 2. The van der Waals surface area contributed by atoms with E-state index >= 15 is 0 Å². The van der Waals surface area contributed by atoms with E-state index in [0.29, 0.717) is 5.02 Å². The molecule has 0 nitrogen and oxygen atoms in total. The van der Waals surface area contributed by atoms with Crippen molar-refractivity contribution in [3.8, 4) is 0 Å². The van der Waals surface area contributed by atoms with Gasteiger partial charge in [0.2, 0.25) is 0 Å². The normalized spacial score (nSPS) is 10.5. The molecule has 0 aliphatic carbocycles. The molecule has 0 saturated heterocycles. The molecule has 0 radical (unpaired) electrons. The van der Waals surface area contributed by atoms with Crippen LogP contribution in [0.5, 0.6) is 0 Å². The van der Waals surface area contributed by atoms with Gasteiger partial charge in [0.05, 0.1) is 0 Å². The lowest BCUT2D eigenvalue weighted by Gasteiger charge is -2.05. The van der Waals surface area contributed by atoms with Gasteiger partial charge in [-0.3, -0.25) is 0 Å². The average molecular weight is 286 g/mol. The van der Waals surface area contributed by atoms with Crippen molar-refractivity contribution in [3.63, 3.8) is 0 Å². The van der Waals surface area contributed by atoms with E-state index in [1.54, 1.807) is 6.07 Å². The largest absolute Gasteiger partial charge is 0.0843 e. The SMILES string of the molecule is Clc1ccc(CCc2ccc(Cl)cc2Cl)cc1. The first-order valence-corrected chi connectivity index (χ1v) is 6.47. The minimum atomic E-state index is 0.672. The maximum Gasteiger partial charge on any atom is 0.0452 e. The van der Waals surface area contributed by atoms with Crippen molar-refractivity contribution in [3.05, 3.63) is 68.7 Å². The Bertz CT molecular complexity index is 503. The van der Waals surface area contributed by atoms with E-state index < -0.39 is 0 Å². The van der Waals surface area contributed by atoms with E-state index in [1.807, 2.05) is 36.4 Å². The van der Waals surface area contributed by atoms with Crippen LogP contribution >= 0.6 is 34.8 Å². The molecule has 0 atom stereocenters. The number of hydrogen-bond donors (Lipinski definition) is 0. The molecular weight excluding hydrogens is 275 g/mol. The highest BCUT2D eigenvalue weighted by Gasteiger charge is 2.02. The van der Waals surface area contributed by atoms with Crippen LogP contribution in [0.15, 0.2) is 42.5 Å². The molecule has 0 unspecified atom stereocenters. The molecule has 0 N–H and O–H groups in total. The Hall–Kier alpha value is -0.690. The van der Waals surface area contributed by atoms with E-state index in [9.17, 15) is 0 Å². The van der Waals surface area contributed by atoms with Crippen LogP contribution in [0.1, 0.15) is 11.1 Å². The molecule has 88 valence electrons. The average Bonchev–Trinajstić information content (AvgIpc) is 2.30. The van der Waals surface area contributed by atoms with E-state index in [2.05, 4.69) is 0 Å². The van der Waals surface area contributed by atoms with Gasteiger partial charge in [0.1, 0.15) is 0 Å². The van der Waals surface area contributed by atoms with E-state index in [-0.39, 0.29) is 0 Å². The molecule has 2 aromatic rings. The van der Waals surface area contributed by atoms with Crippen molar-refractivity contribution in [1.29, 1.82) is 0 Å². The molecule has 17 heavy (non-hydrogen) atoms. The summed E-state index contributed by atoms with van der Waals surface area (Å²) in [6.45, 7) is 0. The summed E-state index contributed by atoms with van der Waals surface area (Å²) in [5.74, 6) is 0. The van der Waals surface area contributed by atoms with Crippen LogP contribution in [-0.4, -0.2) is 0 Å². The van der Waals surface area contributed by atoms with Crippen LogP contribution in [0.4, 0.5) is 0 Å². The number of rotatable bonds is 3. The molecular formula is C14H11Cl3. The summed E-state index contributed by atoms with van der Waals surface area (Å²) < 4.78 is 0. The first-order valence-electron chi connectivity index (χ1n) is 5.33. The zero-order valence-corrected chi connectivity index (χ0v) is 11.4. The fourth-order valence-corrected chi connectivity index (χ4v) is 2.28. The van der Waals surface area contributed by atoms with Crippen molar-refractivity contribution in [2.45, 2.75) is 12.8 Å². The lowest BCUT2D eigenvalue weighted by molar-refractivity contribution is 0.960. The summed E-state index contributed by atoms with van der Waals surface area (Å²) >= 11 is 17.8. The topological polar surface area (TPSA) is 0 Å². The quantitative estimate of drug-likeness (QED) is 0.705. The second kappa shape index (κ2) is 5.77. The minimum absolute atomic E-state index is 0.672. The fourth-order valence-electron chi connectivity index (χ4n) is 1.65. The summed E-state index contributed by atoms with van der Waals surface area (Å²) in [4.78, 5) is 0. The summed E-state index contributed by atoms with van der Waals surface area (Å²) in [7, 11) is 0.